The predicted molar refractivity (Wildman–Crippen MR) is 118 cm³/mol. The van der Waals surface area contributed by atoms with E-state index in [0.717, 1.165) is 49.4 Å². The lowest BCUT2D eigenvalue weighted by Gasteiger charge is -2.38. The fourth-order valence-corrected chi connectivity index (χ4v) is 5.60. The number of urea groups is 1. The summed E-state index contributed by atoms with van der Waals surface area (Å²) in [6.45, 7) is 0.145. The topological polar surface area (TPSA) is 78.5 Å². The monoisotopic (exact) mass is 475 g/mol. The Hall–Kier alpha value is -1.89. The molecule has 0 aromatic heterocycles. The molecular weight excluding hydrogens is 446 g/mol. The molecule has 162 valence electrons. The van der Waals surface area contributed by atoms with Crippen LogP contribution in [0.5, 0.6) is 0 Å². The molecule has 1 aliphatic heterocycles. The maximum Gasteiger partial charge on any atom is 0.325 e. The summed E-state index contributed by atoms with van der Waals surface area (Å²) in [5, 5.41) is 6.17. The summed E-state index contributed by atoms with van der Waals surface area (Å²) in [5.41, 5.74) is 0.255. The Kier molecular flexibility index (Phi) is 6.19. The highest BCUT2D eigenvalue weighted by Crippen LogP contribution is 2.35. The van der Waals surface area contributed by atoms with Crippen molar-refractivity contribution < 1.29 is 14.4 Å². The van der Waals surface area contributed by atoms with Crippen LogP contribution in [0.3, 0.4) is 0 Å². The molecule has 3 aliphatic rings. The molecule has 2 aliphatic carbocycles. The molecule has 0 radical (unpaired) electrons. The zero-order valence-corrected chi connectivity index (χ0v) is 18.9. The summed E-state index contributed by atoms with van der Waals surface area (Å²) in [7, 11) is 0. The number of halogens is 1. The van der Waals surface area contributed by atoms with Crippen LogP contribution in [0.25, 0.3) is 0 Å². The number of nitrogens with zero attached hydrogens (tertiary/aromatic N) is 1. The van der Waals surface area contributed by atoms with Gasteiger partial charge in [0.05, 0.1) is 0 Å². The molecule has 4 rings (SSSR count). The van der Waals surface area contributed by atoms with E-state index >= 15 is 0 Å². The molecule has 1 aromatic rings. The van der Waals surface area contributed by atoms with E-state index < -0.39 is 5.54 Å². The van der Waals surface area contributed by atoms with Gasteiger partial charge in [0.15, 0.2) is 0 Å². The number of benzene rings is 1. The van der Waals surface area contributed by atoms with E-state index in [2.05, 4.69) is 38.7 Å². The lowest BCUT2D eigenvalue weighted by molar-refractivity contribution is -0.131. The first kappa shape index (κ1) is 21.3. The molecule has 7 heteroatoms. The number of carbonyl (C=O) groups is 3. The van der Waals surface area contributed by atoms with Crippen molar-refractivity contribution in [2.75, 3.05) is 6.54 Å². The van der Waals surface area contributed by atoms with Gasteiger partial charge in [-0.3, -0.25) is 14.5 Å². The number of rotatable bonds is 6. The van der Waals surface area contributed by atoms with Gasteiger partial charge < -0.3 is 10.6 Å². The van der Waals surface area contributed by atoms with Crippen LogP contribution in [-0.2, 0) is 16.0 Å². The van der Waals surface area contributed by atoms with Gasteiger partial charge in [0.25, 0.3) is 5.91 Å². The third-order valence-corrected chi connectivity index (χ3v) is 7.47. The third kappa shape index (κ3) is 4.41. The van der Waals surface area contributed by atoms with Crippen LogP contribution in [0.15, 0.2) is 28.7 Å². The molecule has 1 aromatic carbocycles. The smallest absolute Gasteiger partial charge is 0.325 e. The van der Waals surface area contributed by atoms with Crippen molar-refractivity contribution in [2.24, 2.45) is 0 Å². The number of hydrogen-bond donors (Lipinski definition) is 2. The van der Waals surface area contributed by atoms with E-state index in [1.807, 2.05) is 12.1 Å². The van der Waals surface area contributed by atoms with E-state index in [9.17, 15) is 14.4 Å². The maximum atomic E-state index is 12.9. The van der Waals surface area contributed by atoms with Crippen LogP contribution < -0.4 is 10.6 Å². The minimum Gasteiger partial charge on any atom is -0.350 e. The predicted octanol–water partition coefficient (Wildman–Crippen LogP) is 4.07. The highest BCUT2D eigenvalue weighted by molar-refractivity contribution is 9.10. The van der Waals surface area contributed by atoms with Gasteiger partial charge >= 0.3 is 6.03 Å². The SMILES string of the molecule is O=C(CCN1C(=O)NC2(CCCC2)C1=O)NC1(Cc2ccc(Br)cc2)CCCCC1. The number of imide groups is 1. The van der Waals surface area contributed by atoms with E-state index in [1.54, 1.807) is 0 Å². The quantitative estimate of drug-likeness (QED) is 0.608. The molecule has 30 heavy (non-hydrogen) atoms. The molecular formula is C23H30BrN3O3. The van der Waals surface area contributed by atoms with Crippen LogP contribution in [0, 0.1) is 0 Å². The van der Waals surface area contributed by atoms with Crippen molar-refractivity contribution in [3.8, 4) is 0 Å². The molecule has 4 amide bonds. The van der Waals surface area contributed by atoms with Crippen molar-refractivity contribution in [2.45, 2.75) is 81.7 Å². The summed E-state index contributed by atoms with van der Waals surface area (Å²) < 4.78 is 1.04. The first-order valence-corrected chi connectivity index (χ1v) is 11.9. The minimum atomic E-state index is -0.709. The van der Waals surface area contributed by atoms with Gasteiger partial charge in [-0.25, -0.2) is 4.79 Å². The minimum absolute atomic E-state index is 0.0815. The zero-order valence-electron chi connectivity index (χ0n) is 17.3. The van der Waals surface area contributed by atoms with Crippen LogP contribution in [0.4, 0.5) is 4.79 Å². The number of amides is 4. The summed E-state index contributed by atoms with van der Waals surface area (Å²) in [4.78, 5) is 39.2. The van der Waals surface area contributed by atoms with Crippen molar-refractivity contribution in [1.29, 1.82) is 0 Å². The Morgan fingerprint density at radius 2 is 1.63 bits per heavy atom. The fraction of sp³-hybridized carbons (Fsp3) is 0.609. The van der Waals surface area contributed by atoms with Gasteiger partial charge in [0.1, 0.15) is 5.54 Å². The molecule has 1 heterocycles. The van der Waals surface area contributed by atoms with Crippen LogP contribution in [-0.4, -0.2) is 40.4 Å². The Balaban J connectivity index is 1.37. The van der Waals surface area contributed by atoms with Crippen molar-refractivity contribution in [3.63, 3.8) is 0 Å². The van der Waals surface area contributed by atoms with E-state index in [-0.39, 0.29) is 36.3 Å². The summed E-state index contributed by atoms with van der Waals surface area (Å²) in [5.74, 6) is -0.234. The van der Waals surface area contributed by atoms with Crippen molar-refractivity contribution in [3.05, 3.63) is 34.3 Å². The first-order chi connectivity index (χ1) is 14.4. The Labute approximate surface area is 186 Å². The number of hydrogen-bond acceptors (Lipinski definition) is 3. The number of nitrogens with one attached hydrogen (secondary N) is 2. The Morgan fingerprint density at radius 3 is 2.30 bits per heavy atom. The lowest BCUT2D eigenvalue weighted by Crippen LogP contribution is -2.52. The largest absolute Gasteiger partial charge is 0.350 e. The lowest BCUT2D eigenvalue weighted by atomic mass is 9.77. The Morgan fingerprint density at radius 1 is 1.00 bits per heavy atom. The standard InChI is InChI=1S/C23H30BrN3O3/c24-18-8-6-17(7-9-18)16-22(11-2-1-3-12-22)25-19(28)10-15-27-20(29)23(26-21(27)30)13-4-5-14-23/h6-9H,1-5,10-16H2,(H,25,28)(H,26,30). The Bertz CT molecular complexity index is 811. The van der Waals surface area contributed by atoms with E-state index in [4.69, 9.17) is 0 Å². The molecule has 2 saturated carbocycles. The molecule has 3 fully saturated rings. The van der Waals surface area contributed by atoms with Gasteiger partial charge in [-0.05, 0) is 49.8 Å². The highest BCUT2D eigenvalue weighted by atomic mass is 79.9. The average Bonchev–Trinajstić information content (AvgIpc) is 3.28. The molecule has 1 spiro atoms. The molecule has 1 saturated heterocycles. The van der Waals surface area contributed by atoms with Gasteiger partial charge in [-0.15, -0.1) is 0 Å². The van der Waals surface area contributed by atoms with Crippen LogP contribution >= 0.6 is 15.9 Å². The molecule has 2 N–H and O–H groups in total. The highest BCUT2D eigenvalue weighted by Gasteiger charge is 2.52. The average molecular weight is 476 g/mol. The summed E-state index contributed by atoms with van der Waals surface area (Å²) in [6.07, 6.45) is 9.60. The number of carbonyl (C=O) groups excluding carboxylic acids is 3. The molecule has 0 bridgehead atoms. The second-order valence-electron chi connectivity index (χ2n) is 9.12. The summed E-state index contributed by atoms with van der Waals surface area (Å²) >= 11 is 3.47. The maximum absolute atomic E-state index is 12.9. The zero-order chi connectivity index (χ0) is 21.2. The fourth-order valence-electron chi connectivity index (χ4n) is 5.34. The van der Waals surface area contributed by atoms with Gasteiger partial charge in [0, 0.05) is 23.0 Å². The molecule has 0 unspecified atom stereocenters. The van der Waals surface area contributed by atoms with Crippen molar-refractivity contribution >= 4 is 33.8 Å². The normalized spacial score (nSPS) is 22.4. The molecule has 0 atom stereocenters. The van der Waals surface area contributed by atoms with Gasteiger partial charge in [0.2, 0.25) is 5.91 Å². The van der Waals surface area contributed by atoms with E-state index in [1.165, 1.54) is 16.9 Å². The second kappa shape index (κ2) is 8.69. The van der Waals surface area contributed by atoms with Crippen LogP contribution in [0.1, 0.15) is 69.8 Å². The second-order valence-corrected chi connectivity index (χ2v) is 10.0. The van der Waals surface area contributed by atoms with Crippen LogP contribution in [0.2, 0.25) is 0 Å². The summed E-state index contributed by atoms with van der Waals surface area (Å²) in [6, 6.07) is 7.91. The van der Waals surface area contributed by atoms with Crippen molar-refractivity contribution in [1.82, 2.24) is 15.5 Å². The van der Waals surface area contributed by atoms with Gasteiger partial charge in [-0.1, -0.05) is 60.2 Å². The first-order valence-electron chi connectivity index (χ1n) is 11.1. The molecule has 6 nitrogen and oxygen atoms in total. The van der Waals surface area contributed by atoms with E-state index in [0.29, 0.717) is 12.8 Å². The third-order valence-electron chi connectivity index (χ3n) is 6.94. The van der Waals surface area contributed by atoms with Gasteiger partial charge in [-0.2, -0.15) is 0 Å².